The van der Waals surface area contributed by atoms with Crippen LogP contribution in [0.3, 0.4) is 0 Å². The molecule has 0 saturated heterocycles. The van der Waals surface area contributed by atoms with Gasteiger partial charge in [0.2, 0.25) is 0 Å². The first-order chi connectivity index (χ1) is 35.9. The van der Waals surface area contributed by atoms with Gasteiger partial charge in [0.1, 0.15) is 7.00 Å². The second-order valence-electron chi connectivity index (χ2n) is 17.9. The van der Waals surface area contributed by atoms with Gasteiger partial charge in [-0.05, 0) is 93.5 Å². The van der Waals surface area contributed by atoms with Crippen molar-refractivity contribution >= 4 is 70.4 Å². The highest BCUT2D eigenvalue weighted by atomic mass is 31.0. The van der Waals surface area contributed by atoms with E-state index in [9.17, 15) is 0 Å². The van der Waals surface area contributed by atoms with Crippen molar-refractivity contribution in [3.63, 3.8) is 0 Å². The third-order valence-corrected chi connectivity index (χ3v) is 12.9. The topological polar surface area (TPSA) is 77.3 Å². The molecule has 0 spiro atoms. The lowest BCUT2D eigenvalue weighted by Gasteiger charge is -2.13. The van der Waals surface area contributed by atoms with Gasteiger partial charge in [0.25, 0.3) is 0 Å². The number of benzene rings is 9. The van der Waals surface area contributed by atoms with E-state index in [0.717, 1.165) is 82.7 Å². The van der Waals surface area contributed by atoms with Crippen molar-refractivity contribution < 1.29 is 0 Å². The molecular formula is C66H53BN6P. The zero-order chi connectivity index (χ0) is 49.7. The highest BCUT2D eigenvalue weighted by Crippen LogP contribution is 2.37. The van der Waals surface area contributed by atoms with Gasteiger partial charge in [-0.25, -0.2) is 15.0 Å². The van der Waals surface area contributed by atoms with Gasteiger partial charge in [-0.15, -0.1) is 0 Å². The first kappa shape index (κ1) is 48.8. The van der Waals surface area contributed by atoms with Crippen LogP contribution < -0.4 is 0 Å². The fourth-order valence-electron chi connectivity index (χ4n) is 9.50. The standard InChI is InChI=1S/C38H24N4.C26H20N2.CH5BP.CH4/c1-3-9-30-23-32(20-14-25(30)7-1)37-40-36(41-38(42-37)33-21-15-26-8-2-4-10-31(26)24-33)29-18-16-27(17-19-29)34-13-5-11-28-12-6-22-39-35(28)34;1-17-15-23(19-9-5-3-6-10-19)21-13-14-22-24(20-11-7-4-8-12-20)16-18(2)28-26(22)25(21)27-17;1-2-3;/h1-24H;3-16H,1-2H3;3H2,1H3;1H4. The van der Waals surface area contributed by atoms with Crippen molar-refractivity contribution in [1.82, 2.24) is 29.9 Å². The summed E-state index contributed by atoms with van der Waals surface area (Å²) in [6.07, 6.45) is 1.84. The third kappa shape index (κ3) is 10.2. The first-order valence-corrected chi connectivity index (χ1v) is 25.1. The van der Waals surface area contributed by atoms with Gasteiger partial charge in [-0.3, -0.25) is 15.0 Å². The Morgan fingerprint density at radius 1 is 0.324 bits per heavy atom. The van der Waals surface area contributed by atoms with Gasteiger partial charge in [0, 0.05) is 56.0 Å². The highest BCUT2D eigenvalue weighted by molar-refractivity contribution is 7.55. The normalized spacial score (nSPS) is 10.9. The van der Waals surface area contributed by atoms with Crippen LogP contribution in [-0.4, -0.2) is 36.9 Å². The summed E-state index contributed by atoms with van der Waals surface area (Å²) in [6, 6.07) is 77.9. The molecule has 355 valence electrons. The van der Waals surface area contributed by atoms with E-state index in [0.29, 0.717) is 17.5 Å². The van der Waals surface area contributed by atoms with Crippen LogP contribution in [0.25, 0.3) is 122 Å². The molecule has 13 aromatic rings. The van der Waals surface area contributed by atoms with E-state index < -0.39 is 0 Å². The number of hydrogen-bond acceptors (Lipinski definition) is 6. The van der Waals surface area contributed by atoms with Crippen LogP contribution in [0.1, 0.15) is 18.8 Å². The Bertz CT molecular complexity index is 3910. The van der Waals surface area contributed by atoms with E-state index in [2.05, 4.69) is 234 Å². The molecule has 0 N–H and O–H groups in total. The molecule has 1 unspecified atom stereocenters. The molecule has 74 heavy (non-hydrogen) atoms. The van der Waals surface area contributed by atoms with Crippen molar-refractivity contribution in [2.45, 2.75) is 28.1 Å². The van der Waals surface area contributed by atoms with Crippen molar-refractivity contribution in [3.05, 3.63) is 242 Å². The third-order valence-electron chi connectivity index (χ3n) is 12.9. The summed E-state index contributed by atoms with van der Waals surface area (Å²) in [4.78, 5) is 29.4. The summed E-state index contributed by atoms with van der Waals surface area (Å²) in [5.41, 5.74) is 14.8. The summed E-state index contributed by atoms with van der Waals surface area (Å²) in [5.74, 6) is 1.94. The highest BCUT2D eigenvalue weighted by Gasteiger charge is 2.16. The molecule has 4 heterocycles. The number of nitrogens with zero attached hydrogens (tertiary/aromatic N) is 6. The van der Waals surface area contributed by atoms with Crippen molar-refractivity contribution in [2.75, 3.05) is 0 Å². The van der Waals surface area contributed by atoms with Crippen LogP contribution in [0, 0.1) is 13.8 Å². The molecule has 1 radical (unpaired) electrons. The number of pyridine rings is 3. The molecule has 13 rings (SSSR count). The van der Waals surface area contributed by atoms with Gasteiger partial charge in [0.05, 0.1) is 16.6 Å². The Morgan fingerprint density at radius 3 is 1.22 bits per heavy atom. The fourth-order valence-corrected chi connectivity index (χ4v) is 9.50. The lowest BCUT2D eigenvalue weighted by Crippen LogP contribution is -2.00. The molecule has 0 aliphatic rings. The van der Waals surface area contributed by atoms with Gasteiger partial charge in [-0.2, -0.15) is 9.12 Å². The van der Waals surface area contributed by atoms with E-state index in [1.165, 1.54) is 33.0 Å². The molecule has 0 aliphatic heterocycles. The number of hydrogen-bond donors (Lipinski definition) is 0. The molecule has 8 heteroatoms. The summed E-state index contributed by atoms with van der Waals surface area (Å²) in [6.45, 7) is 7.99. The van der Waals surface area contributed by atoms with E-state index in [1.54, 1.807) is 0 Å². The molecule has 6 nitrogen and oxygen atoms in total. The maximum Gasteiger partial charge on any atom is 0.164 e. The second kappa shape index (κ2) is 21.9. The van der Waals surface area contributed by atoms with E-state index >= 15 is 0 Å². The number of aryl methyl sites for hydroxylation is 2. The Balaban J connectivity index is 0.000000170. The Kier molecular flexibility index (Phi) is 14.5. The van der Waals surface area contributed by atoms with E-state index in [1.807, 2.05) is 38.2 Å². The average molecular weight is 972 g/mol. The SMILES string of the molecule is C.C[B]P.Cc1cc(-c2ccccc2)c2ccc3c(-c4ccccc4)cc(C)nc3c2n1.c1ccc2cc(-c3nc(-c4ccc(-c5cccc6cccnc56)cc4)nc(-c4ccc5ccccc5c4)n3)ccc2c1. The van der Waals surface area contributed by atoms with Crippen LogP contribution >= 0.6 is 9.12 Å². The fraction of sp³-hybridized carbons (Fsp3) is 0.0606. The number of rotatable bonds is 6. The van der Waals surface area contributed by atoms with Crippen LogP contribution in [0.5, 0.6) is 0 Å². The zero-order valence-corrected chi connectivity index (χ0v) is 41.9. The van der Waals surface area contributed by atoms with Crippen molar-refractivity contribution in [2.24, 2.45) is 0 Å². The summed E-state index contributed by atoms with van der Waals surface area (Å²) in [5, 5.41) is 8.07. The second-order valence-corrected chi connectivity index (χ2v) is 18.6. The molecule has 0 bridgehead atoms. The minimum absolute atomic E-state index is 0. The van der Waals surface area contributed by atoms with Gasteiger partial charge < -0.3 is 0 Å². The minimum atomic E-state index is 0. The smallest absolute Gasteiger partial charge is 0.164 e. The lowest BCUT2D eigenvalue weighted by atomic mass is 9.95. The summed E-state index contributed by atoms with van der Waals surface area (Å²) < 4.78 is 0. The maximum absolute atomic E-state index is 4.99. The van der Waals surface area contributed by atoms with Gasteiger partial charge in [0.15, 0.2) is 17.5 Å². The van der Waals surface area contributed by atoms with Gasteiger partial charge in [-0.1, -0.05) is 208 Å². The molecule has 0 aliphatic carbocycles. The van der Waals surface area contributed by atoms with Gasteiger partial charge >= 0.3 is 0 Å². The zero-order valence-electron chi connectivity index (χ0n) is 40.8. The van der Waals surface area contributed by atoms with Crippen molar-refractivity contribution in [3.8, 4) is 67.5 Å². The van der Waals surface area contributed by atoms with E-state index in [-0.39, 0.29) is 7.43 Å². The van der Waals surface area contributed by atoms with Crippen LogP contribution in [0.4, 0.5) is 0 Å². The molecule has 1 atom stereocenters. The molecule has 4 aromatic heterocycles. The van der Waals surface area contributed by atoms with Crippen LogP contribution in [0.2, 0.25) is 6.82 Å². The largest absolute Gasteiger partial charge is 0.256 e. The number of para-hydroxylation sites is 1. The number of fused-ring (bicyclic) bond motifs is 6. The lowest BCUT2D eigenvalue weighted by molar-refractivity contribution is 1.08. The average Bonchev–Trinajstić information content (AvgIpc) is 3.45. The Labute approximate surface area is 435 Å². The molecule has 0 saturated carbocycles. The maximum atomic E-state index is 4.99. The van der Waals surface area contributed by atoms with E-state index in [4.69, 9.17) is 24.9 Å². The Hall–Kier alpha value is -8.77. The summed E-state index contributed by atoms with van der Waals surface area (Å²) in [7, 11) is 2.45. The first-order valence-electron chi connectivity index (χ1n) is 24.4. The van der Waals surface area contributed by atoms with Crippen LogP contribution in [-0.2, 0) is 0 Å². The Morgan fingerprint density at radius 2 is 0.716 bits per heavy atom. The molecule has 0 amide bonds. The predicted molar refractivity (Wildman–Crippen MR) is 317 cm³/mol. The van der Waals surface area contributed by atoms with Crippen molar-refractivity contribution in [1.29, 1.82) is 0 Å². The monoisotopic (exact) mass is 971 g/mol. The van der Waals surface area contributed by atoms with Crippen LogP contribution in [0.15, 0.2) is 231 Å². The summed E-state index contributed by atoms with van der Waals surface area (Å²) >= 11 is 0. The quantitative estimate of drug-likeness (QED) is 0.0938. The molecule has 9 aromatic carbocycles. The molecule has 0 fully saturated rings. The number of aromatic nitrogens is 6. The molecular weight excluding hydrogens is 919 g/mol. The minimum Gasteiger partial charge on any atom is -0.256 e. The predicted octanol–water partition coefficient (Wildman–Crippen LogP) is 17.3.